The number of halogens is 2. The molecular formula is C24H26F2N6O3. The molecule has 0 bridgehead atoms. The molecule has 184 valence electrons. The van der Waals surface area contributed by atoms with Crippen molar-refractivity contribution in [3.63, 3.8) is 0 Å². The van der Waals surface area contributed by atoms with E-state index in [0.29, 0.717) is 29.0 Å². The van der Waals surface area contributed by atoms with Gasteiger partial charge in [0.05, 0.1) is 23.0 Å². The molecule has 0 unspecified atom stereocenters. The van der Waals surface area contributed by atoms with Crippen LogP contribution in [0.3, 0.4) is 0 Å². The van der Waals surface area contributed by atoms with Crippen LogP contribution in [0, 0.1) is 0 Å². The number of anilines is 1. The van der Waals surface area contributed by atoms with Crippen molar-refractivity contribution < 1.29 is 23.2 Å². The van der Waals surface area contributed by atoms with Gasteiger partial charge in [0, 0.05) is 50.8 Å². The van der Waals surface area contributed by atoms with E-state index in [4.69, 9.17) is 0 Å². The van der Waals surface area contributed by atoms with Gasteiger partial charge in [0.25, 0.3) is 11.8 Å². The first-order valence-corrected chi connectivity index (χ1v) is 11.1. The van der Waals surface area contributed by atoms with Gasteiger partial charge in [-0.25, -0.2) is 23.5 Å². The smallest absolute Gasteiger partial charge is 0.323 e. The summed E-state index contributed by atoms with van der Waals surface area (Å²) < 4.78 is 28.6. The largest absolute Gasteiger partial charge is 0.338 e. The van der Waals surface area contributed by atoms with Crippen LogP contribution in [-0.2, 0) is 4.79 Å². The number of piperidine rings is 1. The normalized spacial score (nSPS) is 15.6. The van der Waals surface area contributed by atoms with Gasteiger partial charge >= 0.3 is 6.03 Å². The lowest BCUT2D eigenvalue weighted by Gasteiger charge is -2.31. The zero-order valence-corrected chi connectivity index (χ0v) is 19.7. The standard InChI is InChI=1S/C24H26F2N6O3/c1-23(2,15-33)29-22(35)30(3)19-5-4-18(14-27-19)32-9-6-16-12-17(13-28-20(16)32)21(34)31-10-7-24(25,26)8-11-31/h4-6,9,12-15H,7-8,10-11H2,1-3H3,(H,29,35). The van der Waals surface area contributed by atoms with Crippen LogP contribution in [-0.4, -0.2) is 69.3 Å². The SMILES string of the molecule is CN(C(=O)NC(C)(C)C=O)c1ccc(-n2ccc3cc(C(=O)N4CCC(F)(F)CC4)cnc32)cn1. The number of hydrogen-bond acceptors (Lipinski definition) is 5. The summed E-state index contributed by atoms with van der Waals surface area (Å²) in [6.45, 7) is 3.22. The number of nitrogens with one attached hydrogen (secondary N) is 1. The van der Waals surface area contributed by atoms with Gasteiger partial charge in [-0.05, 0) is 38.1 Å². The van der Waals surface area contributed by atoms with Crippen LogP contribution in [0.15, 0.2) is 42.9 Å². The quantitative estimate of drug-likeness (QED) is 0.560. The third-order valence-electron chi connectivity index (χ3n) is 5.94. The van der Waals surface area contributed by atoms with Gasteiger partial charge in [-0.3, -0.25) is 14.3 Å². The van der Waals surface area contributed by atoms with E-state index in [-0.39, 0.29) is 31.8 Å². The Morgan fingerprint density at radius 2 is 1.86 bits per heavy atom. The van der Waals surface area contributed by atoms with Crippen molar-refractivity contribution >= 4 is 35.1 Å². The van der Waals surface area contributed by atoms with Crippen LogP contribution in [0.4, 0.5) is 19.4 Å². The number of fused-ring (bicyclic) bond motifs is 1. The van der Waals surface area contributed by atoms with Crippen molar-refractivity contribution in [2.75, 3.05) is 25.0 Å². The fourth-order valence-electron chi connectivity index (χ4n) is 3.78. The van der Waals surface area contributed by atoms with Crippen molar-refractivity contribution in [2.45, 2.75) is 38.2 Å². The van der Waals surface area contributed by atoms with Gasteiger partial charge in [0.2, 0.25) is 0 Å². The summed E-state index contributed by atoms with van der Waals surface area (Å²) in [4.78, 5) is 47.7. The first-order chi connectivity index (χ1) is 16.5. The second-order valence-electron chi connectivity index (χ2n) is 9.17. The maximum absolute atomic E-state index is 13.4. The molecule has 1 aliphatic heterocycles. The maximum Gasteiger partial charge on any atom is 0.323 e. The third kappa shape index (κ3) is 5.13. The first-order valence-electron chi connectivity index (χ1n) is 11.1. The summed E-state index contributed by atoms with van der Waals surface area (Å²) in [7, 11) is 1.55. The molecule has 0 radical (unpaired) electrons. The Hall–Kier alpha value is -3.89. The summed E-state index contributed by atoms with van der Waals surface area (Å²) >= 11 is 0. The van der Waals surface area contributed by atoms with Crippen molar-refractivity contribution in [1.82, 2.24) is 24.8 Å². The van der Waals surface area contributed by atoms with Crippen molar-refractivity contribution in [3.8, 4) is 5.69 Å². The van der Waals surface area contributed by atoms with Crippen LogP contribution in [0.25, 0.3) is 16.7 Å². The minimum Gasteiger partial charge on any atom is -0.338 e. The second-order valence-corrected chi connectivity index (χ2v) is 9.17. The number of likely N-dealkylation sites (tertiary alicyclic amines) is 1. The first kappa shape index (κ1) is 24.2. The number of rotatable bonds is 5. The maximum atomic E-state index is 13.4. The zero-order chi connectivity index (χ0) is 25.4. The van der Waals surface area contributed by atoms with E-state index in [1.165, 1.54) is 16.0 Å². The van der Waals surface area contributed by atoms with E-state index < -0.39 is 17.5 Å². The van der Waals surface area contributed by atoms with Crippen molar-refractivity contribution in [1.29, 1.82) is 0 Å². The highest BCUT2D eigenvalue weighted by Gasteiger charge is 2.36. The number of aromatic nitrogens is 3. The lowest BCUT2D eigenvalue weighted by molar-refractivity contribution is -0.111. The molecule has 1 aliphatic rings. The minimum atomic E-state index is -2.72. The van der Waals surface area contributed by atoms with E-state index in [2.05, 4.69) is 15.3 Å². The molecule has 4 rings (SSSR count). The molecule has 0 saturated carbocycles. The molecule has 0 atom stereocenters. The van der Waals surface area contributed by atoms with E-state index in [1.54, 1.807) is 62.1 Å². The Kier molecular flexibility index (Phi) is 6.27. The number of carbonyl (C=O) groups excluding carboxylic acids is 3. The Labute approximate surface area is 200 Å². The average molecular weight is 485 g/mol. The summed E-state index contributed by atoms with van der Waals surface area (Å²) in [6.07, 6.45) is 4.80. The molecule has 1 saturated heterocycles. The summed E-state index contributed by atoms with van der Waals surface area (Å²) in [6, 6.07) is 6.47. The number of nitrogens with zero attached hydrogens (tertiary/aromatic N) is 5. The molecule has 1 fully saturated rings. The fourth-order valence-corrected chi connectivity index (χ4v) is 3.78. The summed E-state index contributed by atoms with van der Waals surface area (Å²) in [5, 5.41) is 3.33. The molecule has 9 nitrogen and oxygen atoms in total. The molecular weight excluding hydrogens is 458 g/mol. The number of hydrogen-bond donors (Lipinski definition) is 1. The van der Waals surface area contributed by atoms with Gasteiger partial charge in [-0.15, -0.1) is 0 Å². The Balaban J connectivity index is 1.50. The lowest BCUT2D eigenvalue weighted by atomic mass is 10.1. The Morgan fingerprint density at radius 3 is 2.49 bits per heavy atom. The van der Waals surface area contributed by atoms with Gasteiger partial charge in [-0.2, -0.15) is 0 Å². The van der Waals surface area contributed by atoms with Crippen LogP contribution >= 0.6 is 0 Å². The van der Waals surface area contributed by atoms with Crippen LogP contribution in [0.1, 0.15) is 37.0 Å². The van der Waals surface area contributed by atoms with Gasteiger partial charge in [0.1, 0.15) is 17.8 Å². The number of pyridine rings is 2. The molecule has 35 heavy (non-hydrogen) atoms. The summed E-state index contributed by atoms with van der Waals surface area (Å²) in [5.41, 5.74) is 0.635. The number of alkyl halides is 2. The minimum absolute atomic E-state index is 0.0159. The van der Waals surface area contributed by atoms with Gasteiger partial charge in [0.15, 0.2) is 0 Å². The van der Waals surface area contributed by atoms with Gasteiger partial charge in [-0.1, -0.05) is 0 Å². The molecule has 3 aromatic rings. The fraction of sp³-hybridized carbons (Fsp3) is 0.375. The van der Waals surface area contributed by atoms with Crippen LogP contribution in [0.2, 0.25) is 0 Å². The van der Waals surface area contributed by atoms with Crippen LogP contribution < -0.4 is 10.2 Å². The van der Waals surface area contributed by atoms with Crippen molar-refractivity contribution in [2.24, 2.45) is 0 Å². The molecule has 0 aliphatic carbocycles. The summed E-state index contributed by atoms with van der Waals surface area (Å²) in [5.74, 6) is -2.64. The predicted molar refractivity (Wildman–Crippen MR) is 126 cm³/mol. The average Bonchev–Trinajstić information content (AvgIpc) is 3.26. The molecule has 3 amide bonds. The number of carbonyl (C=O) groups is 3. The van der Waals surface area contributed by atoms with Crippen LogP contribution in [0.5, 0.6) is 0 Å². The Bertz CT molecular complexity index is 1260. The second kappa shape index (κ2) is 9.05. The molecule has 11 heteroatoms. The molecule has 0 aromatic carbocycles. The molecule has 1 N–H and O–H groups in total. The zero-order valence-electron chi connectivity index (χ0n) is 19.7. The molecule has 0 spiro atoms. The number of aldehydes is 1. The Morgan fingerprint density at radius 1 is 1.14 bits per heavy atom. The van der Waals surface area contributed by atoms with E-state index >= 15 is 0 Å². The van der Waals surface area contributed by atoms with Gasteiger partial charge < -0.3 is 15.0 Å². The highest BCUT2D eigenvalue weighted by Crippen LogP contribution is 2.29. The lowest BCUT2D eigenvalue weighted by Crippen LogP contribution is -2.50. The van der Waals surface area contributed by atoms with Crippen molar-refractivity contribution in [3.05, 3.63) is 48.4 Å². The number of urea groups is 1. The highest BCUT2D eigenvalue weighted by atomic mass is 19.3. The van der Waals surface area contributed by atoms with E-state index in [9.17, 15) is 23.2 Å². The third-order valence-corrected chi connectivity index (χ3v) is 5.94. The topological polar surface area (TPSA) is 100 Å². The molecule has 4 heterocycles. The number of amides is 3. The monoisotopic (exact) mass is 484 g/mol. The van der Waals surface area contributed by atoms with E-state index in [1.807, 2.05) is 0 Å². The van der Waals surface area contributed by atoms with E-state index in [0.717, 1.165) is 5.39 Å². The predicted octanol–water partition coefficient (Wildman–Crippen LogP) is 3.42. The molecule has 3 aromatic heterocycles. The highest BCUT2D eigenvalue weighted by molar-refractivity contribution is 5.97.